The minimum Gasteiger partial charge on any atom is -0.309 e. The van der Waals surface area contributed by atoms with Crippen LogP contribution < -0.4 is 0 Å². The van der Waals surface area contributed by atoms with Gasteiger partial charge < -0.3 is 4.57 Å². The van der Waals surface area contributed by atoms with Gasteiger partial charge in [0.05, 0.1) is 38.0 Å². The van der Waals surface area contributed by atoms with Crippen molar-refractivity contribution in [3.05, 3.63) is 146 Å². The summed E-state index contributed by atoms with van der Waals surface area (Å²) < 4.78 is 5.96. The fraction of sp³-hybridized carbons (Fsp3) is 0. The summed E-state index contributed by atoms with van der Waals surface area (Å²) in [6.45, 7) is 0. The standard InChI is InChI=1S/C40H24N4S/c1-2-13-29-27(12-1)35(24-36-39(29)30-14-4-7-17-33(30)44(36)38-19-9-10-22-41-38)43-32-16-6-3-11-26(32)28-21-20-25(23-34(28)43)40-42-31-15-5-8-18-37(31)45-40/h1-24H. The van der Waals surface area contributed by atoms with E-state index in [2.05, 4.69) is 143 Å². The van der Waals surface area contributed by atoms with Crippen molar-refractivity contribution in [2.24, 2.45) is 0 Å². The molecule has 0 fully saturated rings. The van der Waals surface area contributed by atoms with E-state index in [9.17, 15) is 0 Å². The van der Waals surface area contributed by atoms with Crippen molar-refractivity contribution in [3.63, 3.8) is 0 Å². The number of hydrogen-bond acceptors (Lipinski definition) is 3. The Morgan fingerprint density at radius 2 is 1.18 bits per heavy atom. The Labute approximate surface area is 262 Å². The van der Waals surface area contributed by atoms with Crippen molar-refractivity contribution >= 4 is 75.9 Å². The summed E-state index contributed by atoms with van der Waals surface area (Å²) in [5, 5.41) is 8.40. The minimum atomic E-state index is 0.908. The van der Waals surface area contributed by atoms with Crippen molar-refractivity contribution in [2.45, 2.75) is 0 Å². The molecule has 0 saturated heterocycles. The van der Waals surface area contributed by atoms with Gasteiger partial charge in [-0.2, -0.15) is 0 Å². The molecule has 0 N–H and O–H groups in total. The van der Waals surface area contributed by atoms with E-state index in [-0.39, 0.29) is 0 Å². The number of thiazole rings is 1. The second kappa shape index (κ2) is 9.36. The second-order valence-electron chi connectivity index (χ2n) is 11.4. The molecule has 4 heterocycles. The molecule has 210 valence electrons. The molecule has 5 heteroatoms. The number of aromatic nitrogens is 4. The van der Waals surface area contributed by atoms with Crippen LogP contribution in [-0.2, 0) is 0 Å². The van der Waals surface area contributed by atoms with E-state index in [4.69, 9.17) is 9.97 Å². The Morgan fingerprint density at radius 1 is 0.489 bits per heavy atom. The predicted molar refractivity (Wildman–Crippen MR) is 189 cm³/mol. The van der Waals surface area contributed by atoms with E-state index in [1.807, 2.05) is 12.3 Å². The van der Waals surface area contributed by atoms with Crippen LogP contribution in [0, 0.1) is 0 Å². The molecule has 10 rings (SSSR count). The first-order valence-electron chi connectivity index (χ1n) is 15.1. The van der Waals surface area contributed by atoms with Gasteiger partial charge in [-0.05, 0) is 53.9 Å². The molecular formula is C40H24N4S. The van der Waals surface area contributed by atoms with E-state index in [1.54, 1.807) is 11.3 Å². The summed E-state index contributed by atoms with van der Waals surface area (Å²) in [6.07, 6.45) is 1.87. The zero-order chi connectivity index (χ0) is 29.5. The van der Waals surface area contributed by atoms with Gasteiger partial charge >= 0.3 is 0 Å². The second-order valence-corrected chi connectivity index (χ2v) is 12.5. The minimum absolute atomic E-state index is 0.908. The van der Waals surface area contributed by atoms with E-state index in [0.29, 0.717) is 0 Å². The molecule has 0 atom stereocenters. The quantitative estimate of drug-likeness (QED) is 0.205. The van der Waals surface area contributed by atoms with Crippen LogP contribution in [0.4, 0.5) is 0 Å². The highest BCUT2D eigenvalue weighted by Gasteiger charge is 2.21. The Bertz CT molecular complexity index is 2730. The largest absolute Gasteiger partial charge is 0.309 e. The summed E-state index contributed by atoms with van der Waals surface area (Å²) in [5.74, 6) is 0.908. The molecule has 0 aliphatic rings. The zero-order valence-corrected chi connectivity index (χ0v) is 24.9. The molecule has 0 aliphatic carbocycles. The van der Waals surface area contributed by atoms with Crippen LogP contribution in [-0.4, -0.2) is 19.1 Å². The van der Waals surface area contributed by atoms with Gasteiger partial charge in [0.1, 0.15) is 10.8 Å². The van der Waals surface area contributed by atoms with Crippen LogP contribution >= 0.6 is 11.3 Å². The maximum Gasteiger partial charge on any atom is 0.137 e. The summed E-state index contributed by atoms with van der Waals surface area (Å²) in [6, 6.07) is 49.9. The van der Waals surface area contributed by atoms with Gasteiger partial charge in [-0.1, -0.05) is 91.0 Å². The van der Waals surface area contributed by atoms with Crippen LogP contribution in [0.1, 0.15) is 0 Å². The molecule has 6 aromatic carbocycles. The molecule has 0 saturated carbocycles. The third-order valence-electron chi connectivity index (χ3n) is 8.99. The lowest BCUT2D eigenvalue weighted by Gasteiger charge is -2.15. The van der Waals surface area contributed by atoms with Crippen molar-refractivity contribution in [2.75, 3.05) is 0 Å². The van der Waals surface area contributed by atoms with Crippen LogP contribution in [0.2, 0.25) is 0 Å². The average molecular weight is 593 g/mol. The maximum absolute atomic E-state index is 5.01. The monoisotopic (exact) mass is 592 g/mol. The van der Waals surface area contributed by atoms with E-state index >= 15 is 0 Å². The third kappa shape index (κ3) is 3.53. The van der Waals surface area contributed by atoms with Gasteiger partial charge in [0, 0.05) is 38.7 Å². The number of nitrogens with zero attached hydrogens (tertiary/aromatic N) is 4. The van der Waals surface area contributed by atoms with Crippen LogP contribution in [0.25, 0.3) is 86.7 Å². The molecule has 0 amide bonds. The third-order valence-corrected chi connectivity index (χ3v) is 10.1. The van der Waals surface area contributed by atoms with Gasteiger partial charge in [-0.25, -0.2) is 9.97 Å². The normalized spacial score (nSPS) is 12.0. The lowest BCUT2D eigenvalue weighted by atomic mass is 10.0. The number of fused-ring (bicyclic) bond motifs is 9. The molecule has 0 spiro atoms. The molecule has 0 unspecified atom stereocenters. The van der Waals surface area contributed by atoms with E-state index in [0.717, 1.165) is 44.1 Å². The number of hydrogen-bond donors (Lipinski definition) is 0. The molecule has 0 bridgehead atoms. The maximum atomic E-state index is 5.01. The lowest BCUT2D eigenvalue weighted by molar-refractivity contribution is 1.08. The lowest BCUT2D eigenvalue weighted by Crippen LogP contribution is -1.99. The smallest absolute Gasteiger partial charge is 0.137 e. The van der Waals surface area contributed by atoms with Crippen molar-refractivity contribution < 1.29 is 0 Å². The van der Waals surface area contributed by atoms with E-state index in [1.165, 1.54) is 42.5 Å². The SMILES string of the molecule is c1ccc(-n2c3ccccc3c3c4ccccc4c(-n4c5ccccc5c5ccc(-c6nc7ccccc7s6)cc54)cc32)nc1. The molecular weight excluding hydrogens is 569 g/mol. The Morgan fingerprint density at radius 3 is 2.00 bits per heavy atom. The Hall–Kier alpha value is -5.78. The van der Waals surface area contributed by atoms with Gasteiger partial charge in [0.2, 0.25) is 0 Å². The molecule has 10 aromatic rings. The summed E-state index contributed by atoms with van der Waals surface area (Å²) in [5.41, 5.74) is 7.94. The summed E-state index contributed by atoms with van der Waals surface area (Å²) in [7, 11) is 0. The first-order valence-corrected chi connectivity index (χ1v) is 15.9. The van der Waals surface area contributed by atoms with Crippen molar-refractivity contribution in [1.82, 2.24) is 19.1 Å². The highest BCUT2D eigenvalue weighted by Crippen LogP contribution is 2.42. The highest BCUT2D eigenvalue weighted by atomic mass is 32.1. The first-order chi connectivity index (χ1) is 22.3. The topological polar surface area (TPSA) is 35.6 Å². The van der Waals surface area contributed by atoms with Crippen molar-refractivity contribution in [1.29, 1.82) is 0 Å². The van der Waals surface area contributed by atoms with Gasteiger partial charge in [-0.15, -0.1) is 11.3 Å². The van der Waals surface area contributed by atoms with Crippen LogP contribution in [0.5, 0.6) is 0 Å². The molecule has 45 heavy (non-hydrogen) atoms. The van der Waals surface area contributed by atoms with E-state index < -0.39 is 0 Å². The van der Waals surface area contributed by atoms with Crippen LogP contribution in [0.3, 0.4) is 0 Å². The van der Waals surface area contributed by atoms with Gasteiger partial charge in [0.25, 0.3) is 0 Å². The van der Waals surface area contributed by atoms with Gasteiger partial charge in [0.15, 0.2) is 0 Å². The van der Waals surface area contributed by atoms with Gasteiger partial charge in [-0.3, -0.25) is 4.57 Å². The average Bonchev–Trinajstić information content (AvgIpc) is 3.78. The molecule has 0 radical (unpaired) electrons. The molecule has 4 nitrogen and oxygen atoms in total. The zero-order valence-electron chi connectivity index (χ0n) is 24.1. The summed E-state index contributed by atoms with van der Waals surface area (Å²) in [4.78, 5) is 9.81. The van der Waals surface area contributed by atoms with Crippen molar-refractivity contribution in [3.8, 4) is 22.1 Å². The Balaban J connectivity index is 1.36. The fourth-order valence-electron chi connectivity index (χ4n) is 7.09. The molecule has 0 aliphatic heterocycles. The number of benzene rings is 6. The number of para-hydroxylation sites is 3. The highest BCUT2D eigenvalue weighted by molar-refractivity contribution is 7.21. The number of pyridine rings is 1. The Kier molecular flexibility index (Phi) is 5.12. The molecule has 4 aromatic heterocycles. The summed E-state index contributed by atoms with van der Waals surface area (Å²) >= 11 is 1.74. The number of rotatable bonds is 3. The van der Waals surface area contributed by atoms with Crippen LogP contribution in [0.15, 0.2) is 146 Å². The first kappa shape index (κ1) is 24.6. The fourth-order valence-corrected chi connectivity index (χ4v) is 8.05. The predicted octanol–water partition coefficient (Wildman–Crippen LogP) is 10.7.